The van der Waals surface area contributed by atoms with E-state index < -0.39 is 0 Å². The third-order valence-corrected chi connectivity index (χ3v) is 3.54. The van der Waals surface area contributed by atoms with Gasteiger partial charge >= 0.3 is 0 Å². The quantitative estimate of drug-likeness (QED) is 0.813. The zero-order valence-electron chi connectivity index (χ0n) is 11.4. The third-order valence-electron chi connectivity index (χ3n) is 2.79. The van der Waals surface area contributed by atoms with E-state index in [0.717, 1.165) is 42.0 Å². The average Bonchev–Trinajstić information content (AvgIpc) is 2.49. The van der Waals surface area contributed by atoms with Crippen LogP contribution in [0.15, 0.2) is 35.3 Å². The Bertz CT molecular complexity index is 532. The summed E-state index contributed by atoms with van der Waals surface area (Å²) >= 11 is 3.54. The Morgan fingerprint density at radius 2 is 1.70 bits per heavy atom. The highest BCUT2D eigenvalue weighted by atomic mass is 79.9. The van der Waals surface area contributed by atoms with Crippen molar-refractivity contribution in [3.63, 3.8) is 0 Å². The Hall–Kier alpha value is -1.69. The summed E-state index contributed by atoms with van der Waals surface area (Å²) in [6.45, 7) is 3.83. The van der Waals surface area contributed by atoms with Gasteiger partial charge in [0.1, 0.15) is 22.4 Å². The first-order valence-corrected chi connectivity index (χ1v) is 7.47. The van der Waals surface area contributed by atoms with Crippen LogP contribution in [0.1, 0.15) is 18.9 Å². The molecule has 0 fully saturated rings. The first-order chi connectivity index (χ1) is 9.81. The van der Waals surface area contributed by atoms with Crippen LogP contribution in [-0.2, 0) is 6.42 Å². The molecule has 6 heteroatoms. The van der Waals surface area contributed by atoms with Crippen LogP contribution < -0.4 is 10.6 Å². The number of rotatable bonds is 7. The van der Waals surface area contributed by atoms with Gasteiger partial charge in [-0.25, -0.2) is 9.97 Å². The molecule has 20 heavy (non-hydrogen) atoms. The molecule has 0 spiro atoms. The van der Waals surface area contributed by atoms with Gasteiger partial charge < -0.3 is 10.6 Å². The number of aromatic nitrogens is 3. The minimum atomic E-state index is 0.812. The van der Waals surface area contributed by atoms with Crippen molar-refractivity contribution in [2.75, 3.05) is 23.7 Å². The van der Waals surface area contributed by atoms with E-state index in [2.05, 4.69) is 48.4 Å². The maximum absolute atomic E-state index is 4.26. The molecule has 0 aliphatic heterocycles. The average molecular weight is 336 g/mol. The fourth-order valence-corrected chi connectivity index (χ4v) is 2.22. The Morgan fingerprint density at radius 1 is 1.05 bits per heavy atom. The molecule has 0 unspecified atom stereocenters. The number of hydrogen-bond acceptors (Lipinski definition) is 5. The van der Waals surface area contributed by atoms with Crippen LogP contribution in [0.25, 0.3) is 0 Å². The molecule has 0 bridgehead atoms. The molecule has 2 N–H and O–H groups in total. The first kappa shape index (κ1) is 14.7. The highest BCUT2D eigenvalue weighted by Gasteiger charge is 2.07. The molecule has 0 aliphatic carbocycles. The van der Waals surface area contributed by atoms with Gasteiger partial charge in [0.15, 0.2) is 0 Å². The van der Waals surface area contributed by atoms with E-state index in [0.29, 0.717) is 0 Å². The molecular weight excluding hydrogens is 318 g/mol. The van der Waals surface area contributed by atoms with Gasteiger partial charge in [-0.2, -0.15) is 0 Å². The van der Waals surface area contributed by atoms with Crippen molar-refractivity contribution in [1.82, 2.24) is 15.0 Å². The van der Waals surface area contributed by atoms with Crippen LogP contribution in [-0.4, -0.2) is 28.0 Å². The van der Waals surface area contributed by atoms with Crippen molar-refractivity contribution in [1.29, 1.82) is 0 Å². The van der Waals surface area contributed by atoms with Crippen LogP contribution in [0.2, 0.25) is 0 Å². The van der Waals surface area contributed by atoms with Crippen LogP contribution in [0.5, 0.6) is 0 Å². The van der Waals surface area contributed by atoms with E-state index in [1.807, 2.05) is 24.5 Å². The number of pyridine rings is 1. The lowest BCUT2D eigenvalue weighted by Gasteiger charge is -2.11. The van der Waals surface area contributed by atoms with E-state index in [4.69, 9.17) is 0 Å². The van der Waals surface area contributed by atoms with Crippen LogP contribution in [0.3, 0.4) is 0 Å². The van der Waals surface area contributed by atoms with Gasteiger partial charge in [0.25, 0.3) is 0 Å². The molecule has 2 heterocycles. The lowest BCUT2D eigenvalue weighted by Crippen LogP contribution is -2.09. The third kappa shape index (κ3) is 4.16. The lowest BCUT2D eigenvalue weighted by atomic mass is 10.2. The van der Waals surface area contributed by atoms with Gasteiger partial charge in [-0.05, 0) is 46.5 Å². The minimum absolute atomic E-state index is 0.812. The second-order valence-electron chi connectivity index (χ2n) is 4.34. The molecule has 5 nitrogen and oxygen atoms in total. The molecule has 106 valence electrons. The number of halogens is 1. The predicted molar refractivity (Wildman–Crippen MR) is 84.9 cm³/mol. The summed E-state index contributed by atoms with van der Waals surface area (Å²) < 4.78 is 0.878. The van der Waals surface area contributed by atoms with Crippen molar-refractivity contribution in [2.45, 2.75) is 19.8 Å². The summed E-state index contributed by atoms with van der Waals surface area (Å²) in [6.07, 6.45) is 7.17. The molecule has 0 aliphatic rings. The molecule has 0 saturated carbocycles. The van der Waals surface area contributed by atoms with Crippen LogP contribution >= 0.6 is 15.9 Å². The Morgan fingerprint density at radius 3 is 2.35 bits per heavy atom. The summed E-state index contributed by atoms with van der Waals surface area (Å²) in [5, 5.41) is 6.58. The minimum Gasteiger partial charge on any atom is -0.369 e. The predicted octanol–water partition coefficient (Wildman–Crippen LogP) is 3.11. The summed E-state index contributed by atoms with van der Waals surface area (Å²) in [5.74, 6) is 1.64. The zero-order chi connectivity index (χ0) is 14.2. The largest absolute Gasteiger partial charge is 0.369 e. The van der Waals surface area contributed by atoms with Crippen LogP contribution in [0, 0.1) is 0 Å². The second-order valence-corrected chi connectivity index (χ2v) is 5.14. The highest BCUT2D eigenvalue weighted by molar-refractivity contribution is 9.10. The first-order valence-electron chi connectivity index (χ1n) is 6.68. The molecule has 0 amide bonds. The fourth-order valence-electron chi connectivity index (χ4n) is 1.73. The van der Waals surface area contributed by atoms with E-state index >= 15 is 0 Å². The van der Waals surface area contributed by atoms with E-state index in [1.54, 1.807) is 6.33 Å². The zero-order valence-corrected chi connectivity index (χ0v) is 13.0. The fraction of sp³-hybridized carbons (Fsp3) is 0.357. The van der Waals surface area contributed by atoms with Crippen molar-refractivity contribution >= 4 is 27.6 Å². The molecule has 2 aromatic rings. The Balaban J connectivity index is 1.92. The van der Waals surface area contributed by atoms with E-state index in [1.165, 1.54) is 5.56 Å². The van der Waals surface area contributed by atoms with Gasteiger partial charge in [0, 0.05) is 25.5 Å². The molecular formula is C14H18BrN5. The number of nitrogens with zero attached hydrogens (tertiary/aromatic N) is 3. The molecule has 0 aromatic carbocycles. The highest BCUT2D eigenvalue weighted by Crippen LogP contribution is 2.26. The summed E-state index contributed by atoms with van der Waals surface area (Å²) in [5.41, 5.74) is 1.25. The van der Waals surface area contributed by atoms with Gasteiger partial charge in [-0.15, -0.1) is 0 Å². The number of nitrogens with one attached hydrogen (secondary N) is 2. The molecule has 0 saturated heterocycles. The lowest BCUT2D eigenvalue weighted by molar-refractivity contribution is 0.955. The maximum Gasteiger partial charge on any atom is 0.145 e. The Kier molecular flexibility index (Phi) is 5.73. The van der Waals surface area contributed by atoms with Crippen molar-refractivity contribution in [3.05, 3.63) is 40.9 Å². The number of hydrogen-bond donors (Lipinski definition) is 2. The van der Waals surface area contributed by atoms with Gasteiger partial charge in [0.2, 0.25) is 0 Å². The topological polar surface area (TPSA) is 62.7 Å². The maximum atomic E-state index is 4.26. The monoisotopic (exact) mass is 335 g/mol. The second kappa shape index (κ2) is 7.79. The normalized spacial score (nSPS) is 10.3. The standard InChI is InChI=1S/C14H18BrN5/c1-2-6-17-13-12(15)14(20-10-19-13)18-9-5-11-3-7-16-8-4-11/h3-4,7-8,10H,2,5-6,9H2,1H3,(H2,17,18,19,20). The van der Waals surface area contributed by atoms with E-state index in [9.17, 15) is 0 Å². The van der Waals surface area contributed by atoms with E-state index in [-0.39, 0.29) is 0 Å². The number of anilines is 2. The van der Waals surface area contributed by atoms with Crippen molar-refractivity contribution in [3.8, 4) is 0 Å². The van der Waals surface area contributed by atoms with Crippen molar-refractivity contribution in [2.24, 2.45) is 0 Å². The Labute approximate surface area is 127 Å². The molecule has 2 aromatic heterocycles. The summed E-state index contributed by atoms with van der Waals surface area (Å²) in [6, 6.07) is 4.04. The van der Waals surface area contributed by atoms with Gasteiger partial charge in [-0.1, -0.05) is 6.92 Å². The van der Waals surface area contributed by atoms with Gasteiger partial charge in [-0.3, -0.25) is 4.98 Å². The summed E-state index contributed by atoms with van der Waals surface area (Å²) in [7, 11) is 0. The smallest absolute Gasteiger partial charge is 0.145 e. The SMILES string of the molecule is CCCNc1ncnc(NCCc2ccncc2)c1Br. The van der Waals surface area contributed by atoms with Crippen LogP contribution in [0.4, 0.5) is 11.6 Å². The van der Waals surface area contributed by atoms with Gasteiger partial charge in [0.05, 0.1) is 0 Å². The molecule has 2 rings (SSSR count). The summed E-state index contributed by atoms with van der Waals surface area (Å²) in [4.78, 5) is 12.5. The molecule has 0 radical (unpaired) electrons. The van der Waals surface area contributed by atoms with Crippen molar-refractivity contribution < 1.29 is 0 Å². The molecule has 0 atom stereocenters.